The monoisotopic (exact) mass is 308 g/mol. The molecule has 5 heteroatoms. The van der Waals surface area contributed by atoms with Crippen LogP contribution in [0.1, 0.15) is 31.0 Å². The molecule has 1 unspecified atom stereocenters. The Hall–Kier alpha value is -1.65. The van der Waals surface area contributed by atoms with Crippen LogP contribution >= 0.6 is 11.6 Å². The molecule has 0 radical (unpaired) electrons. The summed E-state index contributed by atoms with van der Waals surface area (Å²) < 4.78 is 18.9. The quantitative estimate of drug-likeness (QED) is 0.907. The molecule has 1 N–H and O–H groups in total. The van der Waals surface area contributed by atoms with Gasteiger partial charge in [-0.15, -0.1) is 0 Å². The van der Waals surface area contributed by atoms with Gasteiger partial charge < -0.3 is 10.1 Å². The topological polar surface area (TPSA) is 34.2 Å². The van der Waals surface area contributed by atoms with E-state index in [9.17, 15) is 4.39 Å². The van der Waals surface area contributed by atoms with E-state index < -0.39 is 5.82 Å². The molecule has 21 heavy (non-hydrogen) atoms. The zero-order chi connectivity index (χ0) is 15.4. The van der Waals surface area contributed by atoms with Crippen LogP contribution < -0.4 is 10.1 Å². The SMILES string of the molecule is CNC(c1cncc(OC(C)C)c1)c1ccc(F)c(Cl)c1. The average Bonchev–Trinajstić information content (AvgIpc) is 2.43. The zero-order valence-electron chi connectivity index (χ0n) is 12.2. The van der Waals surface area contributed by atoms with Crippen LogP contribution in [0.3, 0.4) is 0 Å². The molecule has 2 rings (SSSR count). The van der Waals surface area contributed by atoms with Crippen LogP contribution in [-0.4, -0.2) is 18.1 Å². The Balaban J connectivity index is 2.34. The number of aromatic nitrogens is 1. The fourth-order valence-corrected chi connectivity index (χ4v) is 2.34. The van der Waals surface area contributed by atoms with Crippen molar-refractivity contribution in [2.75, 3.05) is 7.05 Å². The molecule has 0 bridgehead atoms. The number of pyridine rings is 1. The van der Waals surface area contributed by atoms with Gasteiger partial charge >= 0.3 is 0 Å². The van der Waals surface area contributed by atoms with Gasteiger partial charge in [-0.1, -0.05) is 17.7 Å². The lowest BCUT2D eigenvalue weighted by Crippen LogP contribution is -2.18. The van der Waals surface area contributed by atoms with E-state index in [1.165, 1.54) is 6.07 Å². The molecule has 1 heterocycles. The Morgan fingerprint density at radius 3 is 2.57 bits per heavy atom. The summed E-state index contributed by atoms with van der Waals surface area (Å²) in [5.74, 6) is 0.279. The van der Waals surface area contributed by atoms with Crippen molar-refractivity contribution in [3.8, 4) is 5.75 Å². The van der Waals surface area contributed by atoms with Gasteiger partial charge in [0.05, 0.1) is 23.4 Å². The second kappa shape index (κ2) is 6.87. The summed E-state index contributed by atoms with van der Waals surface area (Å²) in [6.07, 6.45) is 3.51. The molecule has 0 spiro atoms. The third kappa shape index (κ3) is 3.93. The van der Waals surface area contributed by atoms with E-state index in [2.05, 4.69) is 10.3 Å². The van der Waals surface area contributed by atoms with Crippen LogP contribution in [-0.2, 0) is 0 Å². The standard InChI is InChI=1S/C16H18ClFN2O/c1-10(2)21-13-6-12(8-20-9-13)16(19-3)11-4-5-15(18)14(17)7-11/h4-10,16,19H,1-3H3. The molecule has 0 aliphatic carbocycles. The van der Waals surface area contributed by atoms with Crippen LogP contribution in [0.25, 0.3) is 0 Å². The molecule has 1 atom stereocenters. The minimum absolute atomic E-state index is 0.0790. The number of benzene rings is 1. The van der Waals surface area contributed by atoms with Crippen molar-refractivity contribution in [1.82, 2.24) is 10.3 Å². The molecule has 0 fully saturated rings. The summed E-state index contributed by atoms with van der Waals surface area (Å²) in [5, 5.41) is 3.29. The van der Waals surface area contributed by atoms with Crippen LogP contribution in [0, 0.1) is 5.82 Å². The second-order valence-electron chi connectivity index (χ2n) is 5.02. The minimum atomic E-state index is -0.426. The summed E-state index contributed by atoms with van der Waals surface area (Å²) in [6.45, 7) is 3.92. The molecule has 0 aliphatic heterocycles. The lowest BCUT2D eigenvalue weighted by atomic mass is 10.0. The zero-order valence-corrected chi connectivity index (χ0v) is 13.0. The third-order valence-electron chi connectivity index (χ3n) is 3.01. The van der Waals surface area contributed by atoms with Gasteiger partial charge in [-0.25, -0.2) is 4.39 Å². The van der Waals surface area contributed by atoms with Crippen LogP contribution in [0.2, 0.25) is 5.02 Å². The Bertz CT molecular complexity index is 619. The van der Waals surface area contributed by atoms with Crippen molar-refractivity contribution in [3.63, 3.8) is 0 Å². The summed E-state index contributed by atoms with van der Waals surface area (Å²) in [4.78, 5) is 4.20. The predicted octanol–water partition coefficient (Wildman–Crippen LogP) is 3.97. The van der Waals surface area contributed by atoms with E-state index in [-0.39, 0.29) is 17.2 Å². The summed E-state index contributed by atoms with van der Waals surface area (Å²) >= 11 is 5.86. The highest BCUT2D eigenvalue weighted by atomic mass is 35.5. The van der Waals surface area contributed by atoms with Gasteiger partial charge in [-0.05, 0) is 50.2 Å². The van der Waals surface area contributed by atoms with Gasteiger partial charge in [0, 0.05) is 6.20 Å². The van der Waals surface area contributed by atoms with E-state index in [0.717, 1.165) is 11.1 Å². The normalized spacial score (nSPS) is 12.5. The first-order valence-corrected chi connectivity index (χ1v) is 7.13. The molecule has 112 valence electrons. The fourth-order valence-electron chi connectivity index (χ4n) is 2.15. The Morgan fingerprint density at radius 1 is 1.19 bits per heavy atom. The number of halogens is 2. The lowest BCUT2D eigenvalue weighted by Gasteiger charge is -2.18. The van der Waals surface area contributed by atoms with Crippen molar-refractivity contribution < 1.29 is 9.13 Å². The van der Waals surface area contributed by atoms with Gasteiger partial charge in [-0.3, -0.25) is 4.98 Å². The maximum absolute atomic E-state index is 13.3. The van der Waals surface area contributed by atoms with E-state index in [4.69, 9.17) is 16.3 Å². The molecule has 0 saturated heterocycles. The second-order valence-corrected chi connectivity index (χ2v) is 5.42. The summed E-state index contributed by atoms with van der Waals surface area (Å²) in [6, 6.07) is 6.48. The molecule has 0 aliphatic rings. The smallest absolute Gasteiger partial charge is 0.141 e. The van der Waals surface area contributed by atoms with Crippen LogP contribution in [0.15, 0.2) is 36.7 Å². The Morgan fingerprint density at radius 2 is 1.95 bits per heavy atom. The Kier molecular flexibility index (Phi) is 5.15. The largest absolute Gasteiger partial charge is 0.489 e. The summed E-state index contributed by atoms with van der Waals surface area (Å²) in [7, 11) is 1.83. The maximum atomic E-state index is 13.3. The van der Waals surface area contributed by atoms with Gasteiger partial charge in [0.2, 0.25) is 0 Å². The number of nitrogens with zero attached hydrogens (tertiary/aromatic N) is 1. The van der Waals surface area contributed by atoms with Crippen molar-refractivity contribution in [2.45, 2.75) is 26.0 Å². The Labute approximate surface area is 129 Å². The first-order chi connectivity index (χ1) is 10.0. The molecular formula is C16H18ClFN2O. The van der Waals surface area contributed by atoms with Crippen molar-refractivity contribution in [2.24, 2.45) is 0 Å². The maximum Gasteiger partial charge on any atom is 0.141 e. The lowest BCUT2D eigenvalue weighted by molar-refractivity contribution is 0.241. The number of rotatable bonds is 5. The number of hydrogen-bond donors (Lipinski definition) is 1. The van der Waals surface area contributed by atoms with Gasteiger partial charge in [0.1, 0.15) is 11.6 Å². The average molecular weight is 309 g/mol. The van der Waals surface area contributed by atoms with Crippen molar-refractivity contribution in [1.29, 1.82) is 0 Å². The molecule has 1 aromatic carbocycles. The highest BCUT2D eigenvalue weighted by Crippen LogP contribution is 2.27. The van der Waals surface area contributed by atoms with Crippen LogP contribution in [0.5, 0.6) is 5.75 Å². The fraction of sp³-hybridized carbons (Fsp3) is 0.312. The third-order valence-corrected chi connectivity index (χ3v) is 3.29. The van der Waals surface area contributed by atoms with Crippen LogP contribution in [0.4, 0.5) is 4.39 Å². The van der Waals surface area contributed by atoms with Gasteiger partial charge in [0.25, 0.3) is 0 Å². The molecule has 3 nitrogen and oxygen atoms in total. The minimum Gasteiger partial charge on any atom is -0.489 e. The molecule has 1 aromatic heterocycles. The number of ether oxygens (including phenoxy) is 1. The highest BCUT2D eigenvalue weighted by molar-refractivity contribution is 6.30. The highest BCUT2D eigenvalue weighted by Gasteiger charge is 2.15. The predicted molar refractivity (Wildman–Crippen MR) is 82.3 cm³/mol. The number of nitrogens with one attached hydrogen (secondary N) is 1. The molecule has 0 amide bonds. The number of hydrogen-bond acceptors (Lipinski definition) is 3. The van der Waals surface area contributed by atoms with Crippen molar-refractivity contribution >= 4 is 11.6 Å². The van der Waals surface area contributed by atoms with E-state index in [0.29, 0.717) is 5.75 Å². The molecule has 2 aromatic rings. The first kappa shape index (κ1) is 15.7. The van der Waals surface area contributed by atoms with Gasteiger partial charge in [-0.2, -0.15) is 0 Å². The molecule has 0 saturated carbocycles. The van der Waals surface area contributed by atoms with E-state index in [1.807, 2.05) is 27.0 Å². The summed E-state index contributed by atoms with van der Waals surface area (Å²) in [5.41, 5.74) is 1.80. The van der Waals surface area contributed by atoms with Crippen molar-refractivity contribution in [3.05, 3.63) is 58.6 Å². The van der Waals surface area contributed by atoms with E-state index >= 15 is 0 Å². The first-order valence-electron chi connectivity index (χ1n) is 6.75. The van der Waals surface area contributed by atoms with E-state index in [1.54, 1.807) is 24.5 Å². The molecular weight excluding hydrogens is 291 g/mol. The van der Waals surface area contributed by atoms with Gasteiger partial charge in [0.15, 0.2) is 0 Å².